The fourth-order valence-corrected chi connectivity index (χ4v) is 3.75. The highest BCUT2D eigenvalue weighted by Crippen LogP contribution is 2.26. The molecule has 0 atom stereocenters. The monoisotopic (exact) mass is 375 g/mol. The number of rotatable bonds is 6. The van der Waals surface area contributed by atoms with Crippen molar-refractivity contribution in [2.24, 2.45) is 0 Å². The summed E-state index contributed by atoms with van der Waals surface area (Å²) in [6.07, 6.45) is 5.07. The van der Waals surface area contributed by atoms with Gasteiger partial charge in [-0.25, -0.2) is 4.98 Å². The zero-order valence-electron chi connectivity index (χ0n) is 15.1. The number of thiophene rings is 1. The van der Waals surface area contributed by atoms with Gasteiger partial charge in [-0.05, 0) is 31.2 Å². The number of aryl methyl sites for hydroxylation is 1. The van der Waals surface area contributed by atoms with Crippen LogP contribution in [0.5, 0.6) is 0 Å². The van der Waals surface area contributed by atoms with Crippen LogP contribution in [0.25, 0.3) is 10.8 Å². The lowest BCUT2D eigenvalue weighted by molar-refractivity contribution is -0.131. The normalized spacial score (nSPS) is 14.9. The Morgan fingerprint density at radius 1 is 1.27 bits per heavy atom. The van der Waals surface area contributed by atoms with Crippen LogP contribution in [0.1, 0.15) is 43.6 Å². The highest BCUT2D eigenvalue weighted by atomic mass is 32.1. The predicted octanol–water partition coefficient (Wildman–Crippen LogP) is 3.16. The first kappa shape index (κ1) is 18.6. The van der Waals surface area contributed by atoms with Crippen LogP contribution >= 0.6 is 11.3 Å². The first-order chi connectivity index (χ1) is 12.6. The number of amides is 2. The topological polar surface area (TPSA) is 75.4 Å². The van der Waals surface area contributed by atoms with Gasteiger partial charge in [-0.2, -0.15) is 0 Å². The quantitative estimate of drug-likeness (QED) is 0.841. The molecular formula is C19H25N3O3S. The van der Waals surface area contributed by atoms with Crippen molar-refractivity contribution in [3.05, 3.63) is 29.0 Å². The van der Waals surface area contributed by atoms with Gasteiger partial charge in [-0.15, -0.1) is 11.3 Å². The fourth-order valence-electron chi connectivity index (χ4n) is 3.10. The van der Waals surface area contributed by atoms with Gasteiger partial charge in [0.05, 0.1) is 17.0 Å². The average Bonchev–Trinajstić information content (AvgIpc) is 3.18. The number of likely N-dealkylation sites (tertiary alicyclic amines) is 1. The maximum Gasteiger partial charge on any atom is 0.236 e. The number of hydrogen-bond acceptors (Lipinski definition) is 5. The van der Waals surface area contributed by atoms with Crippen molar-refractivity contribution in [3.63, 3.8) is 0 Å². The van der Waals surface area contributed by atoms with Crippen molar-refractivity contribution in [2.45, 2.75) is 45.4 Å². The summed E-state index contributed by atoms with van der Waals surface area (Å²) in [6.45, 7) is 3.87. The summed E-state index contributed by atoms with van der Waals surface area (Å²) in [5.41, 5.74) is 0.643. The van der Waals surface area contributed by atoms with Gasteiger partial charge >= 0.3 is 0 Å². The van der Waals surface area contributed by atoms with Gasteiger partial charge in [0.2, 0.25) is 17.7 Å². The first-order valence-electron chi connectivity index (χ1n) is 9.18. The highest BCUT2D eigenvalue weighted by molar-refractivity contribution is 7.13. The van der Waals surface area contributed by atoms with Crippen molar-refractivity contribution in [1.29, 1.82) is 0 Å². The van der Waals surface area contributed by atoms with Crippen molar-refractivity contribution in [2.75, 3.05) is 19.6 Å². The molecule has 0 spiro atoms. The van der Waals surface area contributed by atoms with Gasteiger partial charge in [0.15, 0.2) is 0 Å². The van der Waals surface area contributed by atoms with Crippen LogP contribution in [-0.2, 0) is 16.0 Å². The Kier molecular flexibility index (Phi) is 6.44. The highest BCUT2D eigenvalue weighted by Gasteiger charge is 2.17. The molecule has 2 aromatic rings. The number of carbonyl (C=O) groups is 2. The molecule has 1 fully saturated rings. The van der Waals surface area contributed by atoms with Crippen molar-refractivity contribution in [1.82, 2.24) is 15.2 Å². The van der Waals surface area contributed by atoms with E-state index in [1.54, 1.807) is 11.3 Å². The van der Waals surface area contributed by atoms with Crippen LogP contribution in [0, 0.1) is 6.92 Å². The van der Waals surface area contributed by atoms with Crippen LogP contribution in [-0.4, -0.2) is 41.3 Å². The summed E-state index contributed by atoms with van der Waals surface area (Å²) in [4.78, 5) is 31.7. The lowest BCUT2D eigenvalue weighted by atomic mass is 10.2. The van der Waals surface area contributed by atoms with E-state index in [9.17, 15) is 9.59 Å². The fraction of sp³-hybridized carbons (Fsp3) is 0.526. The van der Waals surface area contributed by atoms with Gasteiger partial charge in [-0.1, -0.05) is 18.9 Å². The third kappa shape index (κ3) is 4.94. The molecule has 0 bridgehead atoms. The minimum Gasteiger partial charge on any atom is -0.440 e. The number of nitrogens with one attached hydrogen (secondary N) is 1. The van der Waals surface area contributed by atoms with E-state index in [0.29, 0.717) is 30.3 Å². The molecule has 1 aliphatic heterocycles. The van der Waals surface area contributed by atoms with Gasteiger partial charge in [0, 0.05) is 26.1 Å². The van der Waals surface area contributed by atoms with Gasteiger partial charge < -0.3 is 14.6 Å². The molecule has 3 rings (SSSR count). The minimum absolute atomic E-state index is 0.129. The Morgan fingerprint density at radius 2 is 2.04 bits per heavy atom. The zero-order valence-corrected chi connectivity index (χ0v) is 15.9. The third-order valence-corrected chi connectivity index (χ3v) is 5.43. The summed E-state index contributed by atoms with van der Waals surface area (Å²) in [7, 11) is 0. The second kappa shape index (κ2) is 8.98. The first-order valence-corrected chi connectivity index (χ1v) is 10.1. The lowest BCUT2D eigenvalue weighted by Gasteiger charge is -2.20. The third-order valence-electron chi connectivity index (χ3n) is 4.57. The SMILES string of the molecule is Cc1oc(-c2cccs2)nc1CC(=O)NCCC(=O)N1CCCCCC1. The molecule has 0 unspecified atom stereocenters. The van der Waals surface area contributed by atoms with E-state index in [0.717, 1.165) is 30.8 Å². The number of hydrogen-bond donors (Lipinski definition) is 1. The van der Waals surface area contributed by atoms with Gasteiger partial charge in [0.25, 0.3) is 0 Å². The minimum atomic E-state index is -0.136. The summed E-state index contributed by atoms with van der Waals surface area (Å²) >= 11 is 1.55. The molecule has 6 nitrogen and oxygen atoms in total. The molecule has 7 heteroatoms. The number of nitrogens with zero attached hydrogens (tertiary/aromatic N) is 2. The molecule has 0 radical (unpaired) electrons. The van der Waals surface area contributed by atoms with E-state index in [2.05, 4.69) is 10.3 Å². The lowest BCUT2D eigenvalue weighted by Crippen LogP contribution is -2.35. The van der Waals surface area contributed by atoms with Gasteiger partial charge in [-0.3, -0.25) is 9.59 Å². The smallest absolute Gasteiger partial charge is 0.236 e. The molecule has 1 aliphatic rings. The molecule has 0 aliphatic carbocycles. The van der Waals surface area contributed by atoms with E-state index in [1.807, 2.05) is 29.3 Å². The van der Waals surface area contributed by atoms with Crippen LogP contribution in [0.4, 0.5) is 0 Å². The molecule has 1 N–H and O–H groups in total. The summed E-state index contributed by atoms with van der Waals surface area (Å²) in [5, 5.41) is 4.78. The number of oxazole rings is 1. The molecule has 140 valence electrons. The van der Waals surface area contributed by atoms with Crippen LogP contribution in [0.3, 0.4) is 0 Å². The number of carbonyl (C=O) groups excluding carboxylic acids is 2. The maximum atomic E-state index is 12.2. The Balaban J connectivity index is 1.45. The summed E-state index contributed by atoms with van der Waals surface area (Å²) < 4.78 is 5.65. The second-order valence-electron chi connectivity index (χ2n) is 6.57. The molecule has 0 aromatic carbocycles. The Bertz CT molecular complexity index is 731. The van der Waals surface area contributed by atoms with E-state index >= 15 is 0 Å². The summed E-state index contributed by atoms with van der Waals surface area (Å²) in [6, 6.07) is 3.88. The Labute approximate surface area is 157 Å². The van der Waals surface area contributed by atoms with E-state index in [-0.39, 0.29) is 18.2 Å². The predicted molar refractivity (Wildman–Crippen MR) is 101 cm³/mol. The number of aromatic nitrogens is 1. The van der Waals surface area contributed by atoms with Gasteiger partial charge in [0.1, 0.15) is 5.76 Å². The molecule has 0 saturated carbocycles. The van der Waals surface area contributed by atoms with Crippen LogP contribution in [0.15, 0.2) is 21.9 Å². The standard InChI is InChI=1S/C19H25N3O3S/c1-14-15(21-19(25-14)16-7-6-12-26-16)13-17(23)20-9-8-18(24)22-10-4-2-3-5-11-22/h6-7,12H,2-5,8-11,13H2,1H3,(H,20,23). The van der Waals surface area contributed by atoms with E-state index < -0.39 is 0 Å². The second-order valence-corrected chi connectivity index (χ2v) is 7.52. The largest absolute Gasteiger partial charge is 0.440 e. The van der Waals surface area contributed by atoms with Crippen LogP contribution < -0.4 is 5.32 Å². The average molecular weight is 375 g/mol. The molecule has 2 amide bonds. The van der Waals surface area contributed by atoms with Crippen LogP contribution in [0.2, 0.25) is 0 Å². The molecule has 26 heavy (non-hydrogen) atoms. The maximum absolute atomic E-state index is 12.2. The molecular weight excluding hydrogens is 350 g/mol. The Hall–Kier alpha value is -2.15. The van der Waals surface area contributed by atoms with Crippen molar-refractivity contribution < 1.29 is 14.0 Å². The molecule has 3 heterocycles. The van der Waals surface area contributed by atoms with E-state index in [4.69, 9.17) is 4.42 Å². The zero-order chi connectivity index (χ0) is 18.4. The Morgan fingerprint density at radius 3 is 2.73 bits per heavy atom. The molecule has 1 saturated heterocycles. The molecule has 2 aromatic heterocycles. The van der Waals surface area contributed by atoms with Crippen molar-refractivity contribution in [3.8, 4) is 10.8 Å². The summed E-state index contributed by atoms with van der Waals surface area (Å²) in [5.74, 6) is 1.20. The van der Waals surface area contributed by atoms with Crippen molar-refractivity contribution >= 4 is 23.2 Å². The van der Waals surface area contributed by atoms with E-state index in [1.165, 1.54) is 12.8 Å².